The van der Waals surface area contributed by atoms with E-state index in [1.165, 1.54) is 0 Å². The van der Waals surface area contributed by atoms with Crippen LogP contribution in [0.15, 0.2) is 30.3 Å². The van der Waals surface area contributed by atoms with Crippen LogP contribution in [0.5, 0.6) is 0 Å². The van der Waals surface area contributed by atoms with Gasteiger partial charge in [0.2, 0.25) is 0 Å². The summed E-state index contributed by atoms with van der Waals surface area (Å²) >= 11 is 0. The number of carboxylic acid groups (broad SMARTS) is 1. The molecule has 0 amide bonds. The molecule has 0 atom stereocenters. The first kappa shape index (κ1) is 5.82. The monoisotopic (exact) mass is 124 g/mol. The highest BCUT2D eigenvalue weighted by molar-refractivity contribution is 5.87. The van der Waals surface area contributed by atoms with Gasteiger partial charge in [-0.05, 0) is 12.1 Å². The Balaban J connectivity index is 2.98. The van der Waals surface area contributed by atoms with E-state index in [1.807, 2.05) is 0 Å². The highest BCUT2D eigenvalue weighted by Crippen LogP contribution is 1.96. The molecule has 0 bridgehead atoms. The average Bonchev–Trinajstić information content (AvgIpc) is 1.90. The van der Waals surface area contributed by atoms with E-state index in [9.17, 15) is 4.79 Å². The van der Waals surface area contributed by atoms with Crippen LogP contribution in [0.4, 0.5) is 0 Å². The molecule has 1 aromatic carbocycles. The van der Waals surface area contributed by atoms with Crippen LogP contribution in [0.2, 0.25) is 0 Å². The van der Waals surface area contributed by atoms with Gasteiger partial charge in [0.15, 0.2) is 0 Å². The van der Waals surface area contributed by atoms with Gasteiger partial charge in [-0.3, -0.25) is 0 Å². The summed E-state index contributed by atoms with van der Waals surface area (Å²) in [4.78, 5) is 10.2. The first-order valence-electron chi connectivity index (χ1n) is 2.59. The van der Waals surface area contributed by atoms with Crippen LogP contribution >= 0.6 is 0 Å². The van der Waals surface area contributed by atoms with Gasteiger partial charge in [0.05, 0.1) is 5.56 Å². The number of carboxylic acids is 1. The van der Waals surface area contributed by atoms with Crippen molar-refractivity contribution in [3.05, 3.63) is 35.9 Å². The molecule has 1 aromatic rings. The minimum atomic E-state index is -0.879. The van der Waals surface area contributed by atoms with Gasteiger partial charge in [0.25, 0.3) is 0 Å². The largest absolute Gasteiger partial charge is 0.478 e. The van der Waals surface area contributed by atoms with E-state index in [2.05, 4.69) is 0 Å². The summed E-state index contributed by atoms with van der Waals surface area (Å²) < 4.78 is 0. The molecule has 0 heterocycles. The lowest BCUT2D eigenvalue weighted by atomic mass is 10.3. The fourth-order valence-corrected chi connectivity index (χ4v) is 0.581. The maximum Gasteiger partial charge on any atom is 0.335 e. The number of hydrogen-bond donors (Lipinski definition) is 1. The van der Waals surface area contributed by atoms with Crippen molar-refractivity contribution in [2.24, 2.45) is 0 Å². The Kier molecular flexibility index (Phi) is 1.49. The zero-order chi connectivity index (χ0) is 6.69. The predicted octanol–water partition coefficient (Wildman–Crippen LogP) is 1.38. The number of benzene rings is 1. The molecule has 0 spiro atoms. The highest BCUT2D eigenvalue weighted by atomic mass is 16.6. The van der Waals surface area contributed by atoms with Crippen molar-refractivity contribution in [1.29, 1.82) is 0 Å². The Labute approximate surface area is 52.8 Å². The van der Waals surface area contributed by atoms with Gasteiger partial charge in [0, 0.05) is 0 Å². The Morgan fingerprint density at radius 3 is 2.11 bits per heavy atom. The first-order valence-corrected chi connectivity index (χ1v) is 2.59. The fraction of sp³-hybridized carbons (Fsp3) is 0. The quantitative estimate of drug-likeness (QED) is 0.614. The maximum atomic E-state index is 10.2. The molecule has 0 aliphatic rings. The van der Waals surface area contributed by atoms with E-state index in [0.717, 1.165) is 0 Å². The van der Waals surface area contributed by atoms with Crippen molar-refractivity contribution in [2.45, 2.75) is 0 Å². The van der Waals surface area contributed by atoms with Crippen LogP contribution in [-0.2, 0) is 0 Å². The molecule has 9 heavy (non-hydrogen) atoms. The summed E-state index contributed by atoms with van der Waals surface area (Å²) in [6.07, 6.45) is 0. The second kappa shape index (κ2) is 2.31. The third-order valence-corrected chi connectivity index (χ3v) is 1.02. The molecule has 0 radical (unpaired) electrons. The second-order valence-electron chi connectivity index (χ2n) is 1.67. The molecule has 0 saturated heterocycles. The summed E-state index contributed by atoms with van der Waals surface area (Å²) in [5.74, 6) is -0.879. The van der Waals surface area contributed by atoms with E-state index < -0.39 is 5.97 Å². The van der Waals surface area contributed by atoms with E-state index in [1.54, 1.807) is 30.3 Å². The van der Waals surface area contributed by atoms with Crippen molar-refractivity contribution >= 4 is 5.97 Å². The molecule has 0 aliphatic carbocycles. The highest BCUT2D eigenvalue weighted by Gasteiger charge is 1.96. The number of rotatable bonds is 1. The van der Waals surface area contributed by atoms with Crippen LogP contribution in [0.3, 0.4) is 0 Å². The van der Waals surface area contributed by atoms with Gasteiger partial charge in [-0.1, -0.05) is 18.2 Å². The topological polar surface area (TPSA) is 37.3 Å². The lowest BCUT2D eigenvalue weighted by Gasteiger charge is -1.88. The fourth-order valence-electron chi connectivity index (χ4n) is 0.581. The van der Waals surface area contributed by atoms with Gasteiger partial charge in [-0.25, -0.2) is 4.79 Å². The lowest BCUT2D eigenvalue weighted by molar-refractivity contribution is 0.0697. The molecule has 0 aliphatic heterocycles. The Hall–Kier alpha value is -1.31. The standard InChI is InChI=1S/C7H6O2/c8-7(9)6-4-2-1-3-5-6/h1-5H,(H,8,9)/i7+2. The third-order valence-electron chi connectivity index (χ3n) is 1.02. The summed E-state index contributed by atoms with van der Waals surface area (Å²) in [5.41, 5.74) is 0.331. The van der Waals surface area contributed by atoms with Crippen molar-refractivity contribution in [2.75, 3.05) is 0 Å². The summed E-state index contributed by atoms with van der Waals surface area (Å²) in [7, 11) is 0. The van der Waals surface area contributed by atoms with Gasteiger partial charge in [0.1, 0.15) is 0 Å². The van der Waals surface area contributed by atoms with Gasteiger partial charge >= 0.3 is 5.97 Å². The molecule has 0 fully saturated rings. The number of carbonyl (C=O) groups is 1. The van der Waals surface area contributed by atoms with E-state index in [4.69, 9.17) is 5.11 Å². The van der Waals surface area contributed by atoms with Crippen molar-refractivity contribution in [1.82, 2.24) is 0 Å². The van der Waals surface area contributed by atoms with E-state index in [-0.39, 0.29) is 0 Å². The van der Waals surface area contributed by atoms with Crippen molar-refractivity contribution in [3.8, 4) is 0 Å². The molecule has 0 unspecified atom stereocenters. The molecule has 0 saturated carbocycles. The smallest absolute Gasteiger partial charge is 0.335 e. The molecule has 1 rings (SSSR count). The minimum Gasteiger partial charge on any atom is -0.478 e. The Morgan fingerprint density at radius 1 is 1.22 bits per heavy atom. The molecular weight excluding hydrogens is 118 g/mol. The second-order valence-corrected chi connectivity index (χ2v) is 1.67. The van der Waals surface area contributed by atoms with Crippen LogP contribution in [-0.4, -0.2) is 11.1 Å². The van der Waals surface area contributed by atoms with Crippen LogP contribution in [0, 0.1) is 0 Å². The maximum absolute atomic E-state index is 10.2. The van der Waals surface area contributed by atoms with Crippen LogP contribution in [0.25, 0.3) is 0 Å². The third kappa shape index (κ3) is 1.29. The van der Waals surface area contributed by atoms with Crippen LogP contribution in [0.1, 0.15) is 10.4 Å². The van der Waals surface area contributed by atoms with Crippen molar-refractivity contribution < 1.29 is 9.90 Å². The molecule has 46 valence electrons. The molecule has 0 aromatic heterocycles. The van der Waals surface area contributed by atoms with E-state index in [0.29, 0.717) is 5.56 Å². The van der Waals surface area contributed by atoms with Crippen LogP contribution < -0.4 is 0 Å². The minimum absolute atomic E-state index is 0.331. The zero-order valence-electron chi connectivity index (χ0n) is 4.74. The first-order chi connectivity index (χ1) is 4.30. The molecule has 1 N–H and O–H groups in total. The normalized spacial score (nSPS) is 8.89. The summed E-state index contributed by atoms with van der Waals surface area (Å²) in [5, 5.41) is 8.38. The van der Waals surface area contributed by atoms with Gasteiger partial charge in [-0.15, -0.1) is 0 Å². The molecule has 2 heteroatoms. The molecular formula is C7H6O2. The Morgan fingerprint density at radius 2 is 1.78 bits per heavy atom. The Bertz CT molecular complexity index is 203. The van der Waals surface area contributed by atoms with E-state index >= 15 is 0 Å². The van der Waals surface area contributed by atoms with Gasteiger partial charge < -0.3 is 5.11 Å². The van der Waals surface area contributed by atoms with Crippen molar-refractivity contribution in [3.63, 3.8) is 0 Å². The molecule has 2 nitrogen and oxygen atoms in total. The lowest BCUT2D eigenvalue weighted by Crippen LogP contribution is -1.93. The number of hydrogen-bond acceptors (Lipinski definition) is 1. The summed E-state index contributed by atoms with van der Waals surface area (Å²) in [6.45, 7) is 0. The zero-order valence-corrected chi connectivity index (χ0v) is 4.74. The predicted molar refractivity (Wildman–Crippen MR) is 33.4 cm³/mol. The van der Waals surface area contributed by atoms with Gasteiger partial charge in [-0.2, -0.15) is 0 Å². The number of aromatic carboxylic acids is 1. The average molecular weight is 124 g/mol. The summed E-state index contributed by atoms with van der Waals surface area (Å²) in [6, 6.07) is 8.30. The SMILES string of the molecule is O=[14C](O)c1ccccc1.